The lowest BCUT2D eigenvalue weighted by Crippen LogP contribution is -2.07. The highest BCUT2D eigenvalue weighted by atomic mass is 32.2. The average molecular weight is 273 g/mol. The Labute approximate surface area is 118 Å². The molecule has 3 nitrogen and oxygen atoms in total. The molecule has 0 radical (unpaired) electrons. The number of hydrogen-bond acceptors (Lipinski definition) is 3. The first-order valence-electron chi connectivity index (χ1n) is 6.71. The first-order chi connectivity index (χ1) is 9.25. The lowest BCUT2D eigenvalue weighted by molar-refractivity contribution is 0.637. The molecule has 1 aliphatic heterocycles. The van der Waals surface area contributed by atoms with Crippen molar-refractivity contribution in [2.45, 2.75) is 18.8 Å². The van der Waals surface area contributed by atoms with Gasteiger partial charge in [-0.1, -0.05) is 24.3 Å². The standard InChI is InChI=1S/C15H19N3S/c1-18-15(16)14(10-17-18)13-4-2-3-12(9-13)11-5-7-19-8-6-11/h2-4,9-11H,5-8,16H2,1H3. The molecule has 1 fully saturated rings. The molecule has 0 saturated carbocycles. The number of anilines is 1. The van der Waals surface area contributed by atoms with Crippen molar-refractivity contribution >= 4 is 17.6 Å². The van der Waals surface area contributed by atoms with E-state index in [1.54, 1.807) is 4.68 Å². The van der Waals surface area contributed by atoms with Crippen LogP contribution in [-0.2, 0) is 7.05 Å². The minimum Gasteiger partial charge on any atom is -0.383 e. The van der Waals surface area contributed by atoms with Crippen LogP contribution in [0.25, 0.3) is 11.1 Å². The van der Waals surface area contributed by atoms with Crippen molar-refractivity contribution in [3.05, 3.63) is 36.0 Å². The van der Waals surface area contributed by atoms with E-state index < -0.39 is 0 Å². The molecule has 1 saturated heterocycles. The molecule has 0 bridgehead atoms. The zero-order valence-corrected chi connectivity index (χ0v) is 12.0. The van der Waals surface area contributed by atoms with Crippen LogP contribution in [0.3, 0.4) is 0 Å². The Bertz CT molecular complexity index is 571. The Balaban J connectivity index is 1.93. The highest BCUT2D eigenvalue weighted by Crippen LogP contribution is 2.34. The number of benzene rings is 1. The van der Waals surface area contributed by atoms with Crippen LogP contribution in [0, 0.1) is 0 Å². The van der Waals surface area contributed by atoms with Crippen molar-refractivity contribution in [3.63, 3.8) is 0 Å². The number of nitrogens with two attached hydrogens (primary N) is 1. The smallest absolute Gasteiger partial charge is 0.129 e. The molecule has 4 heteroatoms. The van der Waals surface area contributed by atoms with Gasteiger partial charge in [0.1, 0.15) is 5.82 Å². The fraction of sp³-hybridized carbons (Fsp3) is 0.400. The molecule has 1 aliphatic rings. The molecule has 0 amide bonds. The van der Waals surface area contributed by atoms with Gasteiger partial charge < -0.3 is 5.73 Å². The summed E-state index contributed by atoms with van der Waals surface area (Å²) in [4.78, 5) is 0. The van der Waals surface area contributed by atoms with Crippen LogP contribution < -0.4 is 5.73 Å². The Morgan fingerprint density at radius 3 is 2.79 bits per heavy atom. The zero-order valence-electron chi connectivity index (χ0n) is 11.2. The molecule has 2 aromatic rings. The largest absolute Gasteiger partial charge is 0.383 e. The van der Waals surface area contributed by atoms with Gasteiger partial charge in [0, 0.05) is 12.6 Å². The summed E-state index contributed by atoms with van der Waals surface area (Å²) in [7, 11) is 1.88. The number of hydrogen-bond donors (Lipinski definition) is 1. The molecule has 3 rings (SSSR count). The van der Waals surface area contributed by atoms with Gasteiger partial charge in [0.2, 0.25) is 0 Å². The summed E-state index contributed by atoms with van der Waals surface area (Å²) in [6.07, 6.45) is 4.43. The number of nitrogens with zero attached hydrogens (tertiary/aromatic N) is 2. The number of thioether (sulfide) groups is 1. The van der Waals surface area contributed by atoms with Crippen LogP contribution in [0.5, 0.6) is 0 Å². The number of aromatic nitrogens is 2. The number of rotatable bonds is 2. The van der Waals surface area contributed by atoms with Crippen LogP contribution in [0.2, 0.25) is 0 Å². The quantitative estimate of drug-likeness (QED) is 0.913. The second-order valence-corrected chi connectivity index (χ2v) is 6.30. The summed E-state index contributed by atoms with van der Waals surface area (Å²) in [5, 5.41) is 4.22. The third kappa shape index (κ3) is 2.50. The highest BCUT2D eigenvalue weighted by Gasteiger charge is 2.16. The molecule has 1 aromatic heterocycles. The van der Waals surface area contributed by atoms with Crippen LogP contribution >= 0.6 is 11.8 Å². The summed E-state index contributed by atoms with van der Waals surface area (Å²) in [6.45, 7) is 0. The van der Waals surface area contributed by atoms with E-state index in [9.17, 15) is 0 Å². The maximum absolute atomic E-state index is 6.06. The van der Waals surface area contributed by atoms with Crippen LogP contribution in [-0.4, -0.2) is 21.3 Å². The summed E-state index contributed by atoms with van der Waals surface area (Å²) < 4.78 is 1.72. The van der Waals surface area contributed by atoms with E-state index in [1.165, 1.54) is 35.5 Å². The zero-order chi connectivity index (χ0) is 13.2. The topological polar surface area (TPSA) is 43.8 Å². The van der Waals surface area contributed by atoms with Crippen molar-refractivity contribution in [1.29, 1.82) is 0 Å². The van der Waals surface area contributed by atoms with Gasteiger partial charge in [-0.25, -0.2) is 0 Å². The molecule has 2 heterocycles. The highest BCUT2D eigenvalue weighted by molar-refractivity contribution is 7.99. The molecule has 2 N–H and O–H groups in total. The van der Waals surface area contributed by atoms with Crippen LogP contribution in [0.15, 0.2) is 30.5 Å². The second kappa shape index (κ2) is 5.29. The maximum Gasteiger partial charge on any atom is 0.129 e. The maximum atomic E-state index is 6.06. The molecule has 1 aromatic carbocycles. The molecular formula is C15H19N3S. The average Bonchev–Trinajstić information content (AvgIpc) is 2.80. The predicted molar refractivity (Wildman–Crippen MR) is 82.4 cm³/mol. The van der Waals surface area contributed by atoms with Gasteiger partial charge in [-0.3, -0.25) is 4.68 Å². The van der Waals surface area contributed by atoms with E-state index in [2.05, 4.69) is 41.1 Å². The fourth-order valence-electron chi connectivity index (χ4n) is 2.66. The second-order valence-electron chi connectivity index (χ2n) is 5.08. The lowest BCUT2D eigenvalue weighted by Gasteiger charge is -2.22. The minimum atomic E-state index is 0.707. The van der Waals surface area contributed by atoms with E-state index in [1.807, 2.05) is 13.2 Å². The van der Waals surface area contributed by atoms with Gasteiger partial charge in [0.05, 0.1) is 6.20 Å². The molecule has 0 atom stereocenters. The van der Waals surface area contributed by atoms with Crippen LogP contribution in [0.1, 0.15) is 24.3 Å². The van der Waals surface area contributed by atoms with E-state index in [0.29, 0.717) is 5.92 Å². The minimum absolute atomic E-state index is 0.707. The van der Waals surface area contributed by atoms with Crippen molar-refractivity contribution in [1.82, 2.24) is 9.78 Å². The van der Waals surface area contributed by atoms with E-state index in [4.69, 9.17) is 5.73 Å². The Hall–Kier alpha value is -1.42. The van der Waals surface area contributed by atoms with Crippen LogP contribution in [0.4, 0.5) is 5.82 Å². The Kier molecular flexibility index (Phi) is 3.51. The monoisotopic (exact) mass is 273 g/mol. The van der Waals surface area contributed by atoms with Gasteiger partial charge >= 0.3 is 0 Å². The summed E-state index contributed by atoms with van der Waals surface area (Å²) in [6, 6.07) is 8.79. The Morgan fingerprint density at radius 2 is 2.11 bits per heavy atom. The molecule has 0 aliphatic carbocycles. The lowest BCUT2D eigenvalue weighted by atomic mass is 9.91. The SMILES string of the molecule is Cn1ncc(-c2cccc(C3CCSCC3)c2)c1N. The molecule has 100 valence electrons. The molecule has 19 heavy (non-hydrogen) atoms. The van der Waals surface area contributed by atoms with Gasteiger partial charge in [-0.2, -0.15) is 16.9 Å². The van der Waals surface area contributed by atoms with E-state index in [0.717, 1.165) is 11.4 Å². The third-order valence-electron chi connectivity index (χ3n) is 3.87. The molecule has 0 spiro atoms. The fourth-order valence-corrected chi connectivity index (χ4v) is 3.77. The summed E-state index contributed by atoms with van der Waals surface area (Å²) in [5.41, 5.74) is 9.72. The normalized spacial score (nSPS) is 16.7. The first-order valence-corrected chi connectivity index (χ1v) is 7.86. The van der Waals surface area contributed by atoms with Crippen molar-refractivity contribution in [3.8, 4) is 11.1 Å². The van der Waals surface area contributed by atoms with Gasteiger partial charge in [-0.15, -0.1) is 0 Å². The van der Waals surface area contributed by atoms with Gasteiger partial charge in [-0.05, 0) is 41.4 Å². The summed E-state index contributed by atoms with van der Waals surface area (Å²) in [5.74, 6) is 4.00. The Morgan fingerprint density at radius 1 is 1.32 bits per heavy atom. The number of nitrogen functional groups attached to an aromatic ring is 1. The van der Waals surface area contributed by atoms with E-state index in [-0.39, 0.29) is 0 Å². The van der Waals surface area contributed by atoms with Crippen molar-refractivity contribution < 1.29 is 0 Å². The summed E-state index contributed by atoms with van der Waals surface area (Å²) >= 11 is 2.07. The predicted octanol–water partition coefficient (Wildman–Crippen LogP) is 3.28. The van der Waals surface area contributed by atoms with Gasteiger partial charge in [0.25, 0.3) is 0 Å². The van der Waals surface area contributed by atoms with Gasteiger partial charge in [0.15, 0.2) is 0 Å². The third-order valence-corrected chi connectivity index (χ3v) is 4.92. The molecular weight excluding hydrogens is 254 g/mol. The first kappa shape index (κ1) is 12.6. The van der Waals surface area contributed by atoms with Crippen molar-refractivity contribution in [2.24, 2.45) is 7.05 Å². The van der Waals surface area contributed by atoms with Crippen molar-refractivity contribution in [2.75, 3.05) is 17.2 Å². The molecule has 0 unspecified atom stereocenters. The number of aryl methyl sites for hydroxylation is 1. The van der Waals surface area contributed by atoms with E-state index >= 15 is 0 Å².